The van der Waals surface area contributed by atoms with E-state index in [2.05, 4.69) is 9.97 Å². The SMILES string of the molecule is CCCN(CC(=O)O)C(C)c1nc2sc(C)c(C)c2c(=O)[nH]1. The second-order valence-electron chi connectivity index (χ2n) is 5.45. The smallest absolute Gasteiger partial charge is 0.317 e. The van der Waals surface area contributed by atoms with Crippen molar-refractivity contribution in [1.29, 1.82) is 0 Å². The van der Waals surface area contributed by atoms with Gasteiger partial charge in [0.2, 0.25) is 0 Å². The van der Waals surface area contributed by atoms with Crippen LogP contribution in [0.4, 0.5) is 0 Å². The molecule has 0 aliphatic rings. The number of carboxylic acid groups (broad SMARTS) is 1. The molecule has 0 radical (unpaired) electrons. The van der Waals surface area contributed by atoms with Crippen molar-refractivity contribution >= 4 is 27.5 Å². The number of nitrogens with zero attached hydrogens (tertiary/aromatic N) is 2. The predicted molar refractivity (Wildman–Crippen MR) is 87.6 cm³/mol. The van der Waals surface area contributed by atoms with Gasteiger partial charge in [-0.1, -0.05) is 6.92 Å². The van der Waals surface area contributed by atoms with Gasteiger partial charge >= 0.3 is 5.97 Å². The number of carbonyl (C=O) groups is 1. The number of aromatic nitrogens is 2. The Morgan fingerprint density at radius 2 is 2.14 bits per heavy atom. The van der Waals surface area contributed by atoms with E-state index < -0.39 is 5.97 Å². The summed E-state index contributed by atoms with van der Waals surface area (Å²) in [7, 11) is 0. The van der Waals surface area contributed by atoms with Crippen LogP contribution in [0, 0.1) is 13.8 Å². The fourth-order valence-electron chi connectivity index (χ4n) is 2.51. The number of hydrogen-bond acceptors (Lipinski definition) is 5. The minimum Gasteiger partial charge on any atom is -0.480 e. The number of fused-ring (bicyclic) bond motifs is 1. The first-order valence-corrected chi connectivity index (χ1v) is 8.12. The van der Waals surface area contributed by atoms with Crippen molar-refractivity contribution in [2.24, 2.45) is 0 Å². The number of hydrogen-bond donors (Lipinski definition) is 2. The minimum absolute atomic E-state index is 0.0702. The van der Waals surface area contributed by atoms with Gasteiger partial charge in [0.25, 0.3) is 5.56 Å². The molecule has 2 aromatic rings. The Bertz CT molecular complexity index is 750. The zero-order valence-electron chi connectivity index (χ0n) is 13.3. The quantitative estimate of drug-likeness (QED) is 0.853. The van der Waals surface area contributed by atoms with Crippen LogP contribution < -0.4 is 5.56 Å². The average Bonchev–Trinajstić information content (AvgIpc) is 2.72. The summed E-state index contributed by atoms with van der Waals surface area (Å²) in [5.74, 6) is -0.361. The Morgan fingerprint density at radius 3 is 2.73 bits per heavy atom. The molecule has 2 heterocycles. The molecule has 0 amide bonds. The molecule has 2 N–H and O–H groups in total. The zero-order chi connectivity index (χ0) is 16.4. The van der Waals surface area contributed by atoms with Gasteiger partial charge in [-0.2, -0.15) is 0 Å². The normalized spacial score (nSPS) is 13.0. The summed E-state index contributed by atoms with van der Waals surface area (Å²) >= 11 is 1.50. The molecule has 22 heavy (non-hydrogen) atoms. The Kier molecular flexibility index (Phi) is 4.97. The number of aliphatic carboxylic acids is 1. The molecular formula is C15H21N3O3S. The molecule has 0 saturated carbocycles. The first-order valence-electron chi connectivity index (χ1n) is 7.30. The highest BCUT2D eigenvalue weighted by molar-refractivity contribution is 7.18. The van der Waals surface area contributed by atoms with Gasteiger partial charge in [-0.15, -0.1) is 11.3 Å². The Balaban J connectivity index is 2.44. The number of rotatable bonds is 6. The highest BCUT2D eigenvalue weighted by atomic mass is 32.1. The van der Waals surface area contributed by atoms with Gasteiger partial charge in [0.15, 0.2) is 0 Å². The first kappa shape index (κ1) is 16.6. The number of nitrogens with one attached hydrogen (secondary N) is 1. The Labute approximate surface area is 132 Å². The third-order valence-corrected chi connectivity index (χ3v) is 4.95. The van der Waals surface area contributed by atoms with E-state index in [-0.39, 0.29) is 18.1 Å². The molecule has 0 fully saturated rings. The highest BCUT2D eigenvalue weighted by Crippen LogP contribution is 2.27. The zero-order valence-corrected chi connectivity index (χ0v) is 14.1. The van der Waals surface area contributed by atoms with Gasteiger partial charge in [-0.3, -0.25) is 14.5 Å². The van der Waals surface area contributed by atoms with Gasteiger partial charge in [-0.25, -0.2) is 4.98 Å². The van der Waals surface area contributed by atoms with E-state index in [1.165, 1.54) is 11.3 Å². The van der Waals surface area contributed by atoms with Gasteiger partial charge < -0.3 is 10.1 Å². The summed E-state index contributed by atoms with van der Waals surface area (Å²) in [6.45, 7) is 8.32. The molecule has 2 rings (SSSR count). The summed E-state index contributed by atoms with van der Waals surface area (Å²) in [6.07, 6.45) is 0.835. The highest BCUT2D eigenvalue weighted by Gasteiger charge is 2.21. The van der Waals surface area contributed by atoms with Crippen LogP contribution in [0.15, 0.2) is 4.79 Å². The van der Waals surface area contributed by atoms with Crippen molar-refractivity contribution in [2.75, 3.05) is 13.1 Å². The van der Waals surface area contributed by atoms with Gasteiger partial charge in [0, 0.05) is 4.88 Å². The topological polar surface area (TPSA) is 86.3 Å². The molecule has 0 saturated heterocycles. The van der Waals surface area contributed by atoms with Crippen LogP contribution in [0.1, 0.15) is 42.6 Å². The monoisotopic (exact) mass is 323 g/mol. The van der Waals surface area contributed by atoms with Gasteiger partial charge in [0.05, 0.1) is 18.0 Å². The number of aryl methyl sites for hydroxylation is 2. The summed E-state index contributed by atoms with van der Waals surface area (Å²) in [5.41, 5.74) is 0.810. The lowest BCUT2D eigenvalue weighted by atomic mass is 10.2. The molecule has 1 unspecified atom stereocenters. The van der Waals surface area contributed by atoms with E-state index in [9.17, 15) is 9.59 Å². The van der Waals surface area contributed by atoms with Crippen LogP contribution in [-0.4, -0.2) is 39.0 Å². The van der Waals surface area contributed by atoms with Crippen LogP contribution in [0.5, 0.6) is 0 Å². The molecule has 1 atom stereocenters. The van der Waals surface area contributed by atoms with Crippen LogP contribution >= 0.6 is 11.3 Å². The van der Waals surface area contributed by atoms with Crippen molar-refractivity contribution in [1.82, 2.24) is 14.9 Å². The lowest BCUT2D eigenvalue weighted by molar-refractivity contribution is -0.138. The standard InChI is InChI=1S/C15H21N3O3S/c1-5-6-18(7-11(19)20)9(3)13-16-14(21)12-8(2)10(4)22-15(12)17-13/h9H,5-7H2,1-4H3,(H,19,20)(H,16,17,21). The van der Waals surface area contributed by atoms with E-state index in [0.29, 0.717) is 22.6 Å². The second kappa shape index (κ2) is 6.58. The van der Waals surface area contributed by atoms with E-state index >= 15 is 0 Å². The fraction of sp³-hybridized carbons (Fsp3) is 0.533. The van der Waals surface area contributed by atoms with E-state index in [1.807, 2.05) is 27.7 Å². The third-order valence-electron chi connectivity index (χ3n) is 3.85. The molecule has 6 nitrogen and oxygen atoms in total. The molecule has 2 aromatic heterocycles. The maximum atomic E-state index is 12.3. The van der Waals surface area contributed by atoms with Crippen molar-refractivity contribution in [3.05, 3.63) is 26.6 Å². The van der Waals surface area contributed by atoms with E-state index in [4.69, 9.17) is 5.11 Å². The molecule has 0 aromatic carbocycles. The van der Waals surface area contributed by atoms with Crippen molar-refractivity contribution in [3.8, 4) is 0 Å². The minimum atomic E-state index is -0.883. The molecule has 0 aliphatic carbocycles. The fourth-order valence-corrected chi connectivity index (χ4v) is 3.55. The summed E-state index contributed by atoms with van der Waals surface area (Å²) in [4.78, 5) is 34.3. The maximum Gasteiger partial charge on any atom is 0.317 e. The lowest BCUT2D eigenvalue weighted by Crippen LogP contribution is -2.34. The molecular weight excluding hydrogens is 302 g/mol. The number of aromatic amines is 1. The number of thiophene rings is 1. The Morgan fingerprint density at radius 1 is 1.45 bits per heavy atom. The summed E-state index contributed by atoms with van der Waals surface area (Å²) in [5, 5.41) is 9.68. The van der Waals surface area contributed by atoms with Gasteiger partial charge in [0.1, 0.15) is 10.7 Å². The van der Waals surface area contributed by atoms with Crippen molar-refractivity contribution in [2.45, 2.75) is 40.2 Å². The average molecular weight is 323 g/mol. The van der Waals surface area contributed by atoms with Crippen LogP contribution in [0.2, 0.25) is 0 Å². The van der Waals surface area contributed by atoms with E-state index in [1.54, 1.807) is 4.90 Å². The van der Waals surface area contributed by atoms with Crippen molar-refractivity contribution < 1.29 is 9.90 Å². The van der Waals surface area contributed by atoms with Crippen LogP contribution in [-0.2, 0) is 4.79 Å². The molecule has 0 spiro atoms. The molecule has 7 heteroatoms. The number of H-pyrrole nitrogens is 1. The molecule has 120 valence electrons. The number of carboxylic acids is 1. The maximum absolute atomic E-state index is 12.3. The molecule has 0 bridgehead atoms. The van der Waals surface area contributed by atoms with E-state index in [0.717, 1.165) is 16.9 Å². The van der Waals surface area contributed by atoms with Gasteiger partial charge in [-0.05, 0) is 39.3 Å². The van der Waals surface area contributed by atoms with Crippen LogP contribution in [0.25, 0.3) is 10.2 Å². The summed E-state index contributed by atoms with van der Waals surface area (Å²) < 4.78 is 0. The lowest BCUT2D eigenvalue weighted by Gasteiger charge is -2.26. The Hall–Kier alpha value is -1.73. The van der Waals surface area contributed by atoms with Crippen molar-refractivity contribution in [3.63, 3.8) is 0 Å². The second-order valence-corrected chi connectivity index (χ2v) is 6.66. The molecule has 0 aliphatic heterocycles. The summed E-state index contributed by atoms with van der Waals surface area (Å²) in [6, 6.07) is -0.254. The largest absolute Gasteiger partial charge is 0.480 e. The predicted octanol–water partition coefficient (Wildman–Crippen LogP) is 2.46. The third kappa shape index (κ3) is 3.20. The first-order chi connectivity index (χ1) is 10.3. The van der Waals surface area contributed by atoms with Crippen LogP contribution in [0.3, 0.4) is 0 Å².